The number of aliphatic hydroxyl groups is 2. The molecular weight excluding hydrogens is 200 g/mol. The van der Waals surface area contributed by atoms with Crippen molar-refractivity contribution in [2.75, 3.05) is 6.61 Å². The van der Waals surface area contributed by atoms with E-state index < -0.39 is 18.3 Å². The third-order valence-corrected chi connectivity index (χ3v) is 2.78. The van der Waals surface area contributed by atoms with Crippen molar-refractivity contribution in [3.05, 3.63) is 11.8 Å². The second-order valence-electron chi connectivity index (χ2n) is 4.06. The van der Waals surface area contributed by atoms with E-state index in [9.17, 15) is 10.2 Å². The summed E-state index contributed by atoms with van der Waals surface area (Å²) in [7, 11) is 0. The fraction of sp³-hybridized carbons (Fsp3) is 0.778. The van der Waals surface area contributed by atoms with Gasteiger partial charge in [0.1, 0.15) is 12.2 Å². The van der Waals surface area contributed by atoms with Crippen molar-refractivity contribution in [3.63, 3.8) is 0 Å². The van der Waals surface area contributed by atoms with Crippen molar-refractivity contribution in [2.45, 2.75) is 37.1 Å². The molecule has 3 rings (SSSR count). The Balaban J connectivity index is 1.80. The molecule has 15 heavy (non-hydrogen) atoms. The number of aliphatic hydroxyl groups excluding tert-OH is 2. The molecular formula is C9H12N2O4. The topological polar surface area (TPSA) is 88.6 Å². The van der Waals surface area contributed by atoms with E-state index in [0.717, 1.165) is 12.8 Å². The third kappa shape index (κ3) is 1.54. The summed E-state index contributed by atoms with van der Waals surface area (Å²) in [6.45, 7) is 0.104. The predicted molar refractivity (Wildman–Crippen MR) is 47.0 cm³/mol. The molecule has 6 heteroatoms. The molecule has 6 nitrogen and oxygen atoms in total. The molecule has 1 saturated carbocycles. The molecule has 0 bridgehead atoms. The summed E-state index contributed by atoms with van der Waals surface area (Å²) < 4.78 is 10.6. The minimum atomic E-state index is -0.975. The average molecular weight is 212 g/mol. The van der Waals surface area contributed by atoms with Gasteiger partial charge in [0, 0.05) is 5.92 Å². The smallest absolute Gasteiger partial charge is 0.247 e. The van der Waals surface area contributed by atoms with Gasteiger partial charge in [-0.15, -0.1) is 10.2 Å². The van der Waals surface area contributed by atoms with Crippen LogP contribution < -0.4 is 0 Å². The van der Waals surface area contributed by atoms with Crippen LogP contribution in [0.15, 0.2) is 4.42 Å². The first kappa shape index (κ1) is 9.26. The number of ether oxygens (including phenoxy) is 1. The maximum absolute atomic E-state index is 9.57. The SMILES string of the molecule is OC1COC(c2nnc(C3CC3)o2)C1O. The van der Waals surface area contributed by atoms with E-state index in [1.54, 1.807) is 0 Å². The lowest BCUT2D eigenvalue weighted by molar-refractivity contribution is 0.00864. The second kappa shape index (κ2) is 3.26. The molecule has 0 aromatic carbocycles. The van der Waals surface area contributed by atoms with Gasteiger partial charge in [-0.3, -0.25) is 0 Å². The van der Waals surface area contributed by atoms with E-state index in [0.29, 0.717) is 11.8 Å². The molecule has 0 spiro atoms. The quantitative estimate of drug-likeness (QED) is 0.702. The molecule has 3 unspecified atom stereocenters. The highest BCUT2D eigenvalue weighted by Crippen LogP contribution is 2.40. The fourth-order valence-electron chi connectivity index (χ4n) is 1.68. The molecule has 1 saturated heterocycles. The first-order valence-electron chi connectivity index (χ1n) is 5.06. The molecule has 2 N–H and O–H groups in total. The van der Waals surface area contributed by atoms with Gasteiger partial charge in [-0.05, 0) is 12.8 Å². The average Bonchev–Trinajstić information content (AvgIpc) is 2.89. The number of hydrogen-bond acceptors (Lipinski definition) is 6. The number of nitrogens with zero attached hydrogens (tertiary/aromatic N) is 2. The summed E-state index contributed by atoms with van der Waals surface area (Å²) in [5.41, 5.74) is 0. The van der Waals surface area contributed by atoms with Crippen LogP contribution in [0.1, 0.15) is 36.6 Å². The Morgan fingerprint density at radius 3 is 2.47 bits per heavy atom. The Kier molecular flexibility index (Phi) is 2.01. The van der Waals surface area contributed by atoms with Crippen LogP contribution in [0.25, 0.3) is 0 Å². The van der Waals surface area contributed by atoms with E-state index in [1.165, 1.54) is 0 Å². The molecule has 2 fully saturated rings. The summed E-state index contributed by atoms with van der Waals surface area (Å²) in [6, 6.07) is 0. The lowest BCUT2D eigenvalue weighted by Crippen LogP contribution is -2.25. The summed E-state index contributed by atoms with van der Waals surface area (Å²) in [4.78, 5) is 0. The molecule has 1 aliphatic heterocycles. The zero-order chi connectivity index (χ0) is 10.4. The molecule has 2 heterocycles. The Morgan fingerprint density at radius 1 is 1.13 bits per heavy atom. The highest BCUT2D eigenvalue weighted by molar-refractivity contribution is 5.03. The van der Waals surface area contributed by atoms with Crippen LogP contribution in [0.3, 0.4) is 0 Å². The first-order valence-corrected chi connectivity index (χ1v) is 5.06. The van der Waals surface area contributed by atoms with E-state index in [-0.39, 0.29) is 12.5 Å². The summed E-state index contributed by atoms with van der Waals surface area (Å²) in [6.07, 6.45) is -0.361. The van der Waals surface area contributed by atoms with Gasteiger partial charge in [-0.2, -0.15) is 0 Å². The zero-order valence-corrected chi connectivity index (χ0v) is 8.04. The minimum absolute atomic E-state index is 0.104. The summed E-state index contributed by atoms with van der Waals surface area (Å²) >= 11 is 0. The molecule has 1 aliphatic carbocycles. The van der Waals surface area contributed by atoms with Gasteiger partial charge in [0.05, 0.1) is 6.61 Å². The Hall–Kier alpha value is -0.980. The van der Waals surface area contributed by atoms with Gasteiger partial charge in [-0.25, -0.2) is 0 Å². The minimum Gasteiger partial charge on any atom is -0.422 e. The Bertz CT molecular complexity index is 363. The lowest BCUT2D eigenvalue weighted by atomic mass is 10.1. The first-order chi connectivity index (χ1) is 7.25. The molecule has 1 aromatic heterocycles. The number of hydrogen-bond donors (Lipinski definition) is 2. The van der Waals surface area contributed by atoms with Crippen molar-refractivity contribution in [2.24, 2.45) is 0 Å². The van der Waals surface area contributed by atoms with Crippen LogP contribution in [0.4, 0.5) is 0 Å². The van der Waals surface area contributed by atoms with Gasteiger partial charge >= 0.3 is 0 Å². The Labute approximate surface area is 85.9 Å². The van der Waals surface area contributed by atoms with E-state index >= 15 is 0 Å². The normalized spacial score (nSPS) is 36.0. The fourth-order valence-corrected chi connectivity index (χ4v) is 1.68. The largest absolute Gasteiger partial charge is 0.422 e. The monoisotopic (exact) mass is 212 g/mol. The van der Waals surface area contributed by atoms with E-state index in [4.69, 9.17) is 9.15 Å². The third-order valence-electron chi connectivity index (χ3n) is 2.78. The molecule has 0 amide bonds. The molecule has 1 aromatic rings. The van der Waals surface area contributed by atoms with Crippen molar-refractivity contribution in [1.29, 1.82) is 0 Å². The van der Waals surface area contributed by atoms with Crippen LogP contribution in [0.2, 0.25) is 0 Å². The van der Waals surface area contributed by atoms with Crippen molar-refractivity contribution in [1.82, 2.24) is 10.2 Å². The molecule has 82 valence electrons. The van der Waals surface area contributed by atoms with Crippen LogP contribution in [0.5, 0.6) is 0 Å². The van der Waals surface area contributed by atoms with Crippen LogP contribution in [0, 0.1) is 0 Å². The van der Waals surface area contributed by atoms with E-state index in [1.807, 2.05) is 0 Å². The number of aromatic nitrogens is 2. The maximum Gasteiger partial charge on any atom is 0.247 e. The van der Waals surface area contributed by atoms with Crippen molar-refractivity contribution in [3.8, 4) is 0 Å². The summed E-state index contributed by atoms with van der Waals surface area (Å²) in [5, 5.41) is 26.6. The maximum atomic E-state index is 9.57. The predicted octanol–water partition coefficient (Wildman–Crippen LogP) is -0.260. The number of rotatable bonds is 2. The van der Waals surface area contributed by atoms with Gasteiger partial charge in [0.2, 0.25) is 11.8 Å². The molecule has 3 atom stereocenters. The molecule has 2 aliphatic rings. The standard InChI is InChI=1S/C9H12N2O4/c12-5-3-14-7(6(5)13)9-11-10-8(15-9)4-1-2-4/h4-7,12-13H,1-3H2. The van der Waals surface area contributed by atoms with Gasteiger partial charge in [0.25, 0.3) is 0 Å². The van der Waals surface area contributed by atoms with Crippen LogP contribution in [-0.4, -0.2) is 39.2 Å². The second-order valence-corrected chi connectivity index (χ2v) is 4.06. The van der Waals surface area contributed by atoms with Gasteiger partial charge < -0.3 is 19.4 Å². The van der Waals surface area contributed by atoms with Crippen LogP contribution >= 0.6 is 0 Å². The lowest BCUT2D eigenvalue weighted by Gasteiger charge is -2.09. The zero-order valence-electron chi connectivity index (χ0n) is 8.04. The summed E-state index contributed by atoms with van der Waals surface area (Å²) in [5.74, 6) is 1.26. The van der Waals surface area contributed by atoms with Crippen LogP contribution in [-0.2, 0) is 4.74 Å². The highest BCUT2D eigenvalue weighted by Gasteiger charge is 2.40. The highest BCUT2D eigenvalue weighted by atomic mass is 16.5. The Morgan fingerprint density at radius 2 is 1.87 bits per heavy atom. The van der Waals surface area contributed by atoms with Gasteiger partial charge in [-0.1, -0.05) is 0 Å². The van der Waals surface area contributed by atoms with Crippen molar-refractivity contribution < 1.29 is 19.4 Å². The van der Waals surface area contributed by atoms with Crippen molar-refractivity contribution >= 4 is 0 Å². The van der Waals surface area contributed by atoms with E-state index in [2.05, 4.69) is 10.2 Å². The molecule has 0 radical (unpaired) electrons. The van der Waals surface area contributed by atoms with Gasteiger partial charge in [0.15, 0.2) is 6.10 Å².